The minimum Gasteiger partial charge on any atom is -0.497 e. The molecule has 0 bridgehead atoms. The van der Waals surface area contributed by atoms with Crippen molar-refractivity contribution in [3.05, 3.63) is 96.1 Å². The monoisotopic (exact) mass is 500 g/mol. The van der Waals surface area contributed by atoms with Gasteiger partial charge >= 0.3 is 0 Å². The van der Waals surface area contributed by atoms with Crippen LogP contribution in [0.2, 0.25) is 0 Å². The smallest absolute Gasteiger partial charge is 0.275 e. The summed E-state index contributed by atoms with van der Waals surface area (Å²) in [6.07, 6.45) is 3.51. The Bertz CT molecular complexity index is 1360. The molecule has 0 unspecified atom stereocenters. The molecular weight excluding hydrogens is 472 g/mol. The lowest BCUT2D eigenvalue weighted by Crippen LogP contribution is -2.14. The molecule has 0 aliphatic heterocycles. The van der Waals surface area contributed by atoms with E-state index in [9.17, 15) is 9.59 Å². The van der Waals surface area contributed by atoms with Crippen molar-refractivity contribution in [3.63, 3.8) is 0 Å². The van der Waals surface area contributed by atoms with Crippen LogP contribution in [0, 0.1) is 0 Å². The fourth-order valence-electron chi connectivity index (χ4n) is 3.72. The fraction of sp³-hybridized carbons (Fsp3) is 0.179. The number of benzene rings is 3. The number of nitrogens with one attached hydrogen (secondary N) is 2. The third kappa shape index (κ3) is 6.66. The average molecular weight is 501 g/mol. The van der Waals surface area contributed by atoms with E-state index in [1.807, 2.05) is 34.9 Å². The predicted molar refractivity (Wildman–Crippen MR) is 141 cm³/mol. The summed E-state index contributed by atoms with van der Waals surface area (Å²) in [6.45, 7) is 0.530. The van der Waals surface area contributed by atoms with Gasteiger partial charge in [0.1, 0.15) is 11.4 Å². The Hall–Kier alpha value is -4.79. The molecule has 9 heteroatoms. The highest BCUT2D eigenvalue weighted by molar-refractivity contribution is 6.02. The number of carbonyl (C=O) groups is 2. The van der Waals surface area contributed by atoms with E-state index in [4.69, 9.17) is 14.2 Å². The average Bonchev–Trinajstić information content (AvgIpc) is 3.39. The summed E-state index contributed by atoms with van der Waals surface area (Å²) >= 11 is 0. The van der Waals surface area contributed by atoms with Crippen molar-refractivity contribution in [1.82, 2.24) is 9.55 Å². The van der Waals surface area contributed by atoms with Crippen LogP contribution in [0.15, 0.2) is 79.3 Å². The van der Waals surface area contributed by atoms with Crippen LogP contribution >= 0.6 is 0 Å². The first-order valence-electron chi connectivity index (χ1n) is 11.5. The second-order valence-electron chi connectivity index (χ2n) is 8.23. The van der Waals surface area contributed by atoms with Crippen molar-refractivity contribution in [2.45, 2.75) is 13.0 Å². The highest BCUT2D eigenvalue weighted by atomic mass is 16.5. The van der Waals surface area contributed by atoms with Gasteiger partial charge in [-0.1, -0.05) is 18.2 Å². The Balaban J connectivity index is 1.30. The lowest BCUT2D eigenvalue weighted by Gasteiger charge is -2.10. The van der Waals surface area contributed by atoms with Crippen LogP contribution in [0.1, 0.15) is 21.6 Å². The van der Waals surface area contributed by atoms with Gasteiger partial charge in [0.25, 0.3) is 5.91 Å². The number of ether oxygens (including phenoxy) is 3. The number of nitrogens with zero attached hydrogens (tertiary/aromatic N) is 2. The number of rotatable bonds is 10. The highest BCUT2D eigenvalue weighted by Gasteiger charge is 2.11. The van der Waals surface area contributed by atoms with E-state index in [1.54, 1.807) is 70.3 Å². The summed E-state index contributed by atoms with van der Waals surface area (Å²) < 4.78 is 17.5. The molecule has 0 saturated heterocycles. The fourth-order valence-corrected chi connectivity index (χ4v) is 3.72. The molecule has 2 N–H and O–H groups in total. The second-order valence-corrected chi connectivity index (χ2v) is 8.23. The Labute approximate surface area is 215 Å². The molecule has 190 valence electrons. The first kappa shape index (κ1) is 25.3. The standard InChI is InChI=1S/C28H28N4O5/c1-35-23-11-9-22(10-12-23)31-28(34)24-17-32(18-29-24)16-19-4-7-21(8-5-19)30-27(33)15-20-6-13-25(36-2)26(14-20)37-3/h4-14,17-18H,15-16H2,1-3H3,(H,30,33)(H,31,34). The lowest BCUT2D eigenvalue weighted by molar-refractivity contribution is -0.115. The minimum absolute atomic E-state index is 0.137. The quantitative estimate of drug-likeness (QED) is 0.335. The van der Waals surface area contributed by atoms with Gasteiger partial charge in [-0.15, -0.1) is 0 Å². The molecule has 9 nitrogen and oxygen atoms in total. The van der Waals surface area contributed by atoms with Crippen LogP contribution in [-0.2, 0) is 17.8 Å². The number of hydrogen-bond acceptors (Lipinski definition) is 6. The summed E-state index contributed by atoms with van der Waals surface area (Å²) in [5.74, 6) is 1.48. The third-order valence-corrected chi connectivity index (χ3v) is 5.63. The Morgan fingerprint density at radius 1 is 0.784 bits per heavy atom. The number of aromatic nitrogens is 2. The molecule has 1 heterocycles. The first-order chi connectivity index (χ1) is 18.0. The maximum atomic E-state index is 12.5. The van der Waals surface area contributed by atoms with E-state index in [-0.39, 0.29) is 18.2 Å². The van der Waals surface area contributed by atoms with E-state index < -0.39 is 0 Å². The zero-order chi connectivity index (χ0) is 26.2. The summed E-state index contributed by atoms with van der Waals surface area (Å²) in [4.78, 5) is 29.2. The molecule has 0 radical (unpaired) electrons. The zero-order valence-electron chi connectivity index (χ0n) is 20.9. The lowest BCUT2D eigenvalue weighted by atomic mass is 10.1. The van der Waals surface area contributed by atoms with Gasteiger partial charge in [0.15, 0.2) is 11.5 Å². The molecule has 0 spiro atoms. The van der Waals surface area contributed by atoms with Gasteiger partial charge in [-0.05, 0) is 59.7 Å². The van der Waals surface area contributed by atoms with E-state index in [1.165, 1.54) is 0 Å². The summed E-state index contributed by atoms with van der Waals surface area (Å²) in [5.41, 5.74) is 3.48. The Morgan fingerprint density at radius 2 is 1.43 bits per heavy atom. The molecule has 2 amide bonds. The maximum Gasteiger partial charge on any atom is 0.275 e. The largest absolute Gasteiger partial charge is 0.497 e. The first-order valence-corrected chi connectivity index (χ1v) is 11.5. The molecule has 37 heavy (non-hydrogen) atoms. The second kappa shape index (κ2) is 11.8. The van der Waals surface area contributed by atoms with Crippen LogP contribution in [0.3, 0.4) is 0 Å². The number of methoxy groups -OCH3 is 3. The summed E-state index contributed by atoms with van der Waals surface area (Å²) in [5, 5.41) is 5.72. The van der Waals surface area contributed by atoms with Crippen LogP contribution in [0.4, 0.5) is 11.4 Å². The van der Waals surface area contributed by atoms with E-state index in [0.29, 0.717) is 40.9 Å². The molecule has 4 rings (SSSR count). The van der Waals surface area contributed by atoms with E-state index >= 15 is 0 Å². The topological polar surface area (TPSA) is 104 Å². The molecular formula is C28H28N4O5. The van der Waals surface area contributed by atoms with Crippen LogP contribution < -0.4 is 24.8 Å². The van der Waals surface area contributed by atoms with Crippen molar-refractivity contribution >= 4 is 23.2 Å². The number of imidazole rings is 1. The van der Waals surface area contributed by atoms with Crippen LogP contribution in [0.25, 0.3) is 0 Å². The minimum atomic E-state index is -0.295. The number of carbonyl (C=O) groups excluding carboxylic acids is 2. The van der Waals surface area contributed by atoms with Gasteiger partial charge < -0.3 is 29.4 Å². The van der Waals surface area contributed by atoms with Crippen molar-refractivity contribution < 1.29 is 23.8 Å². The SMILES string of the molecule is COc1ccc(NC(=O)c2cn(Cc3ccc(NC(=O)Cc4ccc(OC)c(OC)c4)cc3)cn2)cc1. The number of hydrogen-bond donors (Lipinski definition) is 2. The van der Waals surface area contributed by atoms with Gasteiger partial charge in [-0.25, -0.2) is 4.98 Å². The molecule has 0 saturated carbocycles. The predicted octanol–water partition coefficient (Wildman–Crippen LogP) is 4.39. The molecule has 4 aromatic rings. The van der Waals surface area contributed by atoms with Crippen molar-refractivity contribution in [2.24, 2.45) is 0 Å². The normalized spacial score (nSPS) is 10.5. The highest BCUT2D eigenvalue weighted by Crippen LogP contribution is 2.27. The molecule has 3 aromatic carbocycles. The Kier molecular flexibility index (Phi) is 8.05. The van der Waals surface area contributed by atoms with Crippen molar-refractivity contribution in [1.29, 1.82) is 0 Å². The zero-order valence-corrected chi connectivity index (χ0v) is 20.9. The number of anilines is 2. The molecule has 0 aliphatic rings. The summed E-state index contributed by atoms with van der Waals surface area (Å²) in [7, 11) is 4.72. The van der Waals surface area contributed by atoms with E-state index in [2.05, 4.69) is 15.6 Å². The van der Waals surface area contributed by atoms with Gasteiger partial charge in [0, 0.05) is 24.1 Å². The van der Waals surface area contributed by atoms with Gasteiger partial charge in [0.05, 0.1) is 34.1 Å². The van der Waals surface area contributed by atoms with E-state index in [0.717, 1.165) is 11.1 Å². The maximum absolute atomic E-state index is 12.5. The number of amides is 2. The van der Waals surface area contributed by atoms with Gasteiger partial charge in [-0.3, -0.25) is 9.59 Å². The molecule has 0 aliphatic carbocycles. The van der Waals surface area contributed by atoms with Gasteiger partial charge in [-0.2, -0.15) is 0 Å². The molecule has 1 aromatic heterocycles. The van der Waals surface area contributed by atoms with Crippen molar-refractivity contribution in [2.75, 3.05) is 32.0 Å². The molecule has 0 atom stereocenters. The Morgan fingerprint density at radius 3 is 2.11 bits per heavy atom. The molecule has 0 fully saturated rings. The van der Waals surface area contributed by atoms with Crippen molar-refractivity contribution in [3.8, 4) is 17.2 Å². The van der Waals surface area contributed by atoms with Gasteiger partial charge in [0.2, 0.25) is 5.91 Å². The summed E-state index contributed by atoms with van der Waals surface area (Å²) in [6, 6.07) is 20.0. The third-order valence-electron chi connectivity index (χ3n) is 5.63. The van der Waals surface area contributed by atoms with Crippen LogP contribution in [-0.4, -0.2) is 42.7 Å². The van der Waals surface area contributed by atoms with Crippen LogP contribution in [0.5, 0.6) is 17.2 Å².